The topological polar surface area (TPSA) is 88.0 Å². The molecule has 0 bridgehead atoms. The fraction of sp³-hybridized carbons (Fsp3) is 0.0769. The van der Waals surface area contributed by atoms with E-state index in [9.17, 15) is 4.79 Å². The van der Waals surface area contributed by atoms with Crippen molar-refractivity contribution in [3.05, 3.63) is 47.9 Å². The van der Waals surface area contributed by atoms with E-state index >= 15 is 0 Å². The first kappa shape index (κ1) is 12.7. The first-order valence-corrected chi connectivity index (χ1v) is 5.52. The Labute approximate surface area is 110 Å². The Morgan fingerprint density at radius 3 is 2.74 bits per heavy atom. The number of methoxy groups -OCH3 is 1. The highest BCUT2D eigenvalue weighted by atomic mass is 16.5. The highest BCUT2D eigenvalue weighted by Gasteiger charge is 2.12. The summed E-state index contributed by atoms with van der Waals surface area (Å²) in [4.78, 5) is 19.3. The minimum absolute atomic E-state index is 0.0495. The van der Waals surface area contributed by atoms with Crippen LogP contribution in [-0.2, 0) is 4.74 Å². The van der Waals surface area contributed by atoms with E-state index < -0.39 is 5.97 Å². The van der Waals surface area contributed by atoms with Gasteiger partial charge < -0.3 is 15.5 Å². The molecule has 1 heterocycles. The molecule has 1 aromatic carbocycles. The van der Waals surface area contributed by atoms with Crippen LogP contribution in [-0.4, -0.2) is 29.3 Å². The summed E-state index contributed by atoms with van der Waals surface area (Å²) in [6.07, 6.45) is 2.52. The lowest BCUT2D eigenvalue weighted by Crippen LogP contribution is -2.10. The second-order valence-electron chi connectivity index (χ2n) is 3.62. The predicted molar refractivity (Wildman–Crippen MR) is 71.0 cm³/mol. The maximum absolute atomic E-state index is 11.4. The minimum atomic E-state index is -0.618. The highest BCUT2D eigenvalue weighted by molar-refractivity contribution is 5.89. The molecule has 0 unspecified atom stereocenters. The zero-order valence-corrected chi connectivity index (χ0v) is 10.3. The molecule has 0 aliphatic heterocycles. The Kier molecular flexibility index (Phi) is 3.82. The molecule has 0 saturated carbocycles. The number of nitrogens with one attached hydrogen (secondary N) is 2. The van der Waals surface area contributed by atoms with Gasteiger partial charge in [0.15, 0.2) is 0 Å². The number of para-hydroxylation sites is 1. The van der Waals surface area contributed by atoms with Gasteiger partial charge in [-0.2, -0.15) is 0 Å². The Balaban J connectivity index is 2.36. The fourth-order valence-corrected chi connectivity index (χ4v) is 1.44. The van der Waals surface area contributed by atoms with Gasteiger partial charge in [0.25, 0.3) is 0 Å². The molecule has 0 aliphatic carbocycles. The number of carbonyl (C=O) groups is 1. The Morgan fingerprint density at radius 1 is 1.37 bits per heavy atom. The summed E-state index contributed by atoms with van der Waals surface area (Å²) in [5, 5.41) is 10.3. The van der Waals surface area contributed by atoms with Crippen molar-refractivity contribution in [1.29, 1.82) is 5.41 Å². The van der Waals surface area contributed by atoms with Crippen molar-refractivity contribution in [2.24, 2.45) is 0 Å². The van der Waals surface area contributed by atoms with Crippen LogP contribution in [0.5, 0.6) is 0 Å². The molecule has 0 saturated heterocycles. The van der Waals surface area contributed by atoms with Gasteiger partial charge in [-0.05, 0) is 12.1 Å². The summed E-state index contributed by atoms with van der Waals surface area (Å²) in [6.45, 7) is 0. The molecule has 0 radical (unpaired) electrons. The number of benzene rings is 1. The minimum Gasteiger partial charge on any atom is -0.463 e. The SMILES string of the molecule is COC(=O)c1ncc(C=N)c(Nc2ccccc2)n1. The average molecular weight is 256 g/mol. The molecule has 1 aromatic heterocycles. The lowest BCUT2D eigenvalue weighted by atomic mass is 10.3. The van der Waals surface area contributed by atoms with Gasteiger partial charge in [-0.25, -0.2) is 14.8 Å². The number of nitrogens with zero attached hydrogens (tertiary/aromatic N) is 2. The summed E-state index contributed by atoms with van der Waals surface area (Å²) in [5.41, 5.74) is 1.29. The van der Waals surface area contributed by atoms with Crippen LogP contribution in [0, 0.1) is 5.41 Å². The van der Waals surface area contributed by atoms with Crippen LogP contribution in [0.15, 0.2) is 36.5 Å². The molecule has 6 nitrogen and oxygen atoms in total. The lowest BCUT2D eigenvalue weighted by molar-refractivity contribution is 0.0587. The lowest BCUT2D eigenvalue weighted by Gasteiger charge is -2.08. The standard InChI is InChI=1S/C13H12N4O2/c1-19-13(18)12-15-8-9(7-14)11(17-12)16-10-5-3-2-4-6-10/h2-8,14H,1H3,(H,15,16,17). The van der Waals surface area contributed by atoms with E-state index in [-0.39, 0.29) is 5.82 Å². The van der Waals surface area contributed by atoms with Crippen LogP contribution in [0.25, 0.3) is 0 Å². The van der Waals surface area contributed by atoms with Gasteiger partial charge in [0.05, 0.1) is 12.7 Å². The van der Waals surface area contributed by atoms with Gasteiger partial charge in [-0.15, -0.1) is 0 Å². The van der Waals surface area contributed by atoms with Gasteiger partial charge in [0.1, 0.15) is 5.82 Å². The zero-order valence-electron chi connectivity index (χ0n) is 10.3. The first-order valence-electron chi connectivity index (χ1n) is 5.52. The van der Waals surface area contributed by atoms with Gasteiger partial charge in [0.2, 0.25) is 5.82 Å². The number of rotatable bonds is 4. The molecule has 0 spiro atoms. The van der Waals surface area contributed by atoms with Crippen LogP contribution in [0.1, 0.15) is 16.2 Å². The molecule has 96 valence electrons. The van der Waals surface area contributed by atoms with Gasteiger partial charge in [-0.3, -0.25) is 0 Å². The summed E-state index contributed by atoms with van der Waals surface area (Å²) < 4.78 is 4.57. The fourth-order valence-electron chi connectivity index (χ4n) is 1.44. The molecule has 0 atom stereocenters. The van der Waals surface area contributed by atoms with E-state index in [4.69, 9.17) is 5.41 Å². The molecule has 0 fully saturated rings. The van der Waals surface area contributed by atoms with Gasteiger partial charge >= 0.3 is 5.97 Å². The number of aromatic nitrogens is 2. The first-order chi connectivity index (χ1) is 9.24. The third-order valence-corrected chi connectivity index (χ3v) is 2.38. The molecule has 19 heavy (non-hydrogen) atoms. The van der Waals surface area contributed by atoms with Crippen molar-refractivity contribution in [3.63, 3.8) is 0 Å². The quantitative estimate of drug-likeness (QED) is 0.645. The molecule has 2 aromatic rings. The normalized spacial score (nSPS) is 9.74. The van der Waals surface area contributed by atoms with Gasteiger partial charge in [-0.1, -0.05) is 18.2 Å². The number of esters is 1. The number of hydrogen-bond acceptors (Lipinski definition) is 6. The third-order valence-electron chi connectivity index (χ3n) is 2.38. The second-order valence-corrected chi connectivity index (χ2v) is 3.62. The largest absolute Gasteiger partial charge is 0.463 e. The summed E-state index contributed by atoms with van der Waals surface area (Å²) in [6, 6.07) is 9.34. The van der Waals surface area contributed by atoms with Crippen molar-refractivity contribution >= 4 is 23.7 Å². The molecular formula is C13H12N4O2. The van der Waals surface area contributed by atoms with Crippen LogP contribution in [0.2, 0.25) is 0 Å². The van der Waals surface area contributed by atoms with E-state index in [0.29, 0.717) is 11.4 Å². The Bertz CT molecular complexity index is 599. The molecule has 2 rings (SSSR count). The summed E-state index contributed by atoms with van der Waals surface area (Å²) >= 11 is 0. The Morgan fingerprint density at radius 2 is 2.11 bits per heavy atom. The van der Waals surface area contributed by atoms with Gasteiger partial charge in [0, 0.05) is 18.1 Å². The van der Waals surface area contributed by atoms with E-state index in [2.05, 4.69) is 20.0 Å². The molecule has 6 heteroatoms. The van der Waals surface area contributed by atoms with Crippen molar-refractivity contribution in [2.45, 2.75) is 0 Å². The monoisotopic (exact) mass is 256 g/mol. The van der Waals surface area contributed by atoms with Crippen molar-refractivity contribution in [3.8, 4) is 0 Å². The summed E-state index contributed by atoms with van der Waals surface area (Å²) in [5.74, 6) is -0.282. The second kappa shape index (κ2) is 5.72. The maximum atomic E-state index is 11.4. The number of ether oxygens (including phenoxy) is 1. The number of carbonyl (C=O) groups excluding carboxylic acids is 1. The number of anilines is 2. The van der Waals surface area contributed by atoms with Crippen LogP contribution in [0.4, 0.5) is 11.5 Å². The molecule has 0 aliphatic rings. The van der Waals surface area contributed by atoms with E-state index in [1.165, 1.54) is 13.3 Å². The van der Waals surface area contributed by atoms with E-state index in [0.717, 1.165) is 11.9 Å². The third kappa shape index (κ3) is 2.92. The molecule has 2 N–H and O–H groups in total. The Hall–Kier alpha value is -2.76. The average Bonchev–Trinajstić information content (AvgIpc) is 2.47. The van der Waals surface area contributed by atoms with Crippen molar-refractivity contribution in [2.75, 3.05) is 12.4 Å². The van der Waals surface area contributed by atoms with E-state index in [1.54, 1.807) is 0 Å². The van der Waals surface area contributed by atoms with E-state index in [1.807, 2.05) is 30.3 Å². The van der Waals surface area contributed by atoms with Crippen molar-refractivity contribution in [1.82, 2.24) is 9.97 Å². The van der Waals surface area contributed by atoms with Crippen LogP contribution in [0.3, 0.4) is 0 Å². The smallest absolute Gasteiger partial charge is 0.376 e. The van der Waals surface area contributed by atoms with Crippen molar-refractivity contribution < 1.29 is 9.53 Å². The zero-order chi connectivity index (χ0) is 13.7. The molecular weight excluding hydrogens is 244 g/mol. The highest BCUT2D eigenvalue weighted by Crippen LogP contribution is 2.17. The summed E-state index contributed by atoms with van der Waals surface area (Å²) in [7, 11) is 1.26. The number of hydrogen-bond donors (Lipinski definition) is 2. The maximum Gasteiger partial charge on any atom is 0.376 e. The van der Waals surface area contributed by atoms with Crippen LogP contribution < -0.4 is 5.32 Å². The van der Waals surface area contributed by atoms with Crippen LogP contribution >= 0.6 is 0 Å². The predicted octanol–water partition coefficient (Wildman–Crippen LogP) is 2.00. The molecule has 0 amide bonds.